The van der Waals surface area contributed by atoms with E-state index in [-0.39, 0.29) is 0 Å². The van der Waals surface area contributed by atoms with Crippen molar-refractivity contribution in [1.82, 2.24) is 4.90 Å². The summed E-state index contributed by atoms with van der Waals surface area (Å²) in [6.45, 7) is 4.38. The highest BCUT2D eigenvalue weighted by atomic mass is 15.2. The maximum atomic E-state index is 6.11. The SMILES string of the molecule is CCCC(c1ccccc1)N1CCc2c(N)cccc2C1. The lowest BCUT2D eigenvalue weighted by Crippen LogP contribution is -2.34. The lowest BCUT2D eigenvalue weighted by molar-refractivity contribution is 0.169. The Labute approximate surface area is 127 Å². The summed E-state index contributed by atoms with van der Waals surface area (Å²) in [6, 6.07) is 17.8. The second kappa shape index (κ2) is 6.31. The van der Waals surface area contributed by atoms with Gasteiger partial charge in [-0.25, -0.2) is 0 Å². The lowest BCUT2D eigenvalue weighted by Gasteiger charge is -2.36. The van der Waals surface area contributed by atoms with E-state index < -0.39 is 0 Å². The third kappa shape index (κ3) is 2.96. The molecule has 2 nitrogen and oxygen atoms in total. The Morgan fingerprint density at radius 3 is 2.67 bits per heavy atom. The number of hydrogen-bond donors (Lipinski definition) is 1. The smallest absolute Gasteiger partial charge is 0.0351 e. The monoisotopic (exact) mass is 280 g/mol. The Morgan fingerprint density at radius 1 is 1.10 bits per heavy atom. The largest absolute Gasteiger partial charge is 0.398 e. The molecule has 21 heavy (non-hydrogen) atoms. The number of benzene rings is 2. The normalized spacial score (nSPS) is 16.4. The minimum atomic E-state index is 0.519. The topological polar surface area (TPSA) is 29.3 Å². The van der Waals surface area contributed by atoms with E-state index in [9.17, 15) is 0 Å². The fourth-order valence-electron chi connectivity index (χ4n) is 3.44. The van der Waals surface area contributed by atoms with E-state index in [1.165, 1.54) is 29.5 Å². The average Bonchev–Trinajstić information content (AvgIpc) is 2.53. The number of fused-ring (bicyclic) bond motifs is 1. The van der Waals surface area contributed by atoms with Crippen LogP contribution in [0.25, 0.3) is 0 Å². The summed E-state index contributed by atoms with van der Waals surface area (Å²) in [6.07, 6.45) is 3.48. The molecule has 2 N–H and O–H groups in total. The molecule has 0 aliphatic carbocycles. The van der Waals surface area contributed by atoms with Crippen LogP contribution in [0.15, 0.2) is 48.5 Å². The molecule has 3 rings (SSSR count). The quantitative estimate of drug-likeness (QED) is 0.852. The van der Waals surface area contributed by atoms with Gasteiger partial charge in [0.05, 0.1) is 0 Å². The summed E-state index contributed by atoms with van der Waals surface area (Å²) in [5.41, 5.74) is 11.3. The summed E-state index contributed by atoms with van der Waals surface area (Å²) in [4.78, 5) is 2.61. The number of rotatable bonds is 4. The molecule has 1 atom stereocenters. The Kier molecular flexibility index (Phi) is 4.26. The predicted molar refractivity (Wildman–Crippen MR) is 89.1 cm³/mol. The first-order valence-electron chi connectivity index (χ1n) is 7.95. The van der Waals surface area contributed by atoms with Gasteiger partial charge in [-0.05, 0) is 35.6 Å². The molecular weight excluding hydrogens is 256 g/mol. The third-order valence-corrected chi connectivity index (χ3v) is 4.52. The first-order chi connectivity index (χ1) is 10.3. The van der Waals surface area contributed by atoms with Crippen LogP contribution in [-0.4, -0.2) is 11.4 Å². The zero-order valence-corrected chi connectivity index (χ0v) is 12.8. The van der Waals surface area contributed by atoms with Gasteiger partial charge >= 0.3 is 0 Å². The predicted octanol–water partition coefficient (Wildman–Crippen LogP) is 4.17. The van der Waals surface area contributed by atoms with Gasteiger partial charge in [0.1, 0.15) is 0 Å². The van der Waals surface area contributed by atoms with Crippen LogP contribution in [0.4, 0.5) is 5.69 Å². The van der Waals surface area contributed by atoms with Crippen LogP contribution in [-0.2, 0) is 13.0 Å². The van der Waals surface area contributed by atoms with Crippen molar-refractivity contribution in [3.8, 4) is 0 Å². The highest BCUT2D eigenvalue weighted by molar-refractivity contribution is 5.52. The zero-order valence-electron chi connectivity index (χ0n) is 12.8. The van der Waals surface area contributed by atoms with E-state index in [1.807, 2.05) is 6.07 Å². The van der Waals surface area contributed by atoms with Crippen molar-refractivity contribution in [2.24, 2.45) is 0 Å². The molecule has 2 aromatic carbocycles. The molecule has 1 aliphatic heterocycles. The molecule has 0 radical (unpaired) electrons. The molecular formula is C19H24N2. The standard InChI is InChI=1S/C19H24N2/c1-2-7-19(15-8-4-3-5-9-15)21-13-12-17-16(14-21)10-6-11-18(17)20/h3-6,8-11,19H,2,7,12-14,20H2,1H3. The van der Waals surface area contributed by atoms with Crippen LogP contribution in [0.1, 0.15) is 42.5 Å². The van der Waals surface area contributed by atoms with E-state index in [0.717, 1.165) is 25.2 Å². The Hall–Kier alpha value is -1.80. The molecule has 0 bridgehead atoms. The van der Waals surface area contributed by atoms with E-state index in [4.69, 9.17) is 5.73 Å². The van der Waals surface area contributed by atoms with Crippen molar-refractivity contribution in [2.45, 2.75) is 38.8 Å². The van der Waals surface area contributed by atoms with Gasteiger partial charge in [-0.2, -0.15) is 0 Å². The molecule has 1 heterocycles. The van der Waals surface area contributed by atoms with Gasteiger partial charge in [-0.3, -0.25) is 4.90 Å². The highest BCUT2D eigenvalue weighted by Gasteiger charge is 2.24. The van der Waals surface area contributed by atoms with Crippen molar-refractivity contribution >= 4 is 5.69 Å². The van der Waals surface area contributed by atoms with Gasteiger partial charge in [0.2, 0.25) is 0 Å². The third-order valence-electron chi connectivity index (χ3n) is 4.52. The van der Waals surface area contributed by atoms with Gasteiger partial charge in [-0.1, -0.05) is 55.8 Å². The molecule has 2 aromatic rings. The van der Waals surface area contributed by atoms with Crippen molar-refractivity contribution in [1.29, 1.82) is 0 Å². The summed E-state index contributed by atoms with van der Waals surface area (Å²) >= 11 is 0. The molecule has 2 heteroatoms. The van der Waals surface area contributed by atoms with Crippen molar-refractivity contribution in [3.05, 3.63) is 65.2 Å². The van der Waals surface area contributed by atoms with Gasteiger partial charge in [0.25, 0.3) is 0 Å². The Balaban J connectivity index is 1.85. The number of anilines is 1. The summed E-state index contributed by atoms with van der Waals surface area (Å²) in [5.74, 6) is 0. The molecule has 0 saturated carbocycles. The Bertz CT molecular complexity index is 592. The van der Waals surface area contributed by atoms with Crippen molar-refractivity contribution in [2.75, 3.05) is 12.3 Å². The molecule has 0 fully saturated rings. The van der Waals surface area contributed by atoms with Gasteiger partial charge in [0, 0.05) is 24.8 Å². The van der Waals surface area contributed by atoms with Gasteiger partial charge in [-0.15, -0.1) is 0 Å². The van der Waals surface area contributed by atoms with Crippen LogP contribution in [0, 0.1) is 0 Å². The van der Waals surface area contributed by atoms with Crippen LogP contribution < -0.4 is 5.73 Å². The molecule has 0 aromatic heterocycles. The van der Waals surface area contributed by atoms with E-state index in [1.54, 1.807) is 0 Å². The van der Waals surface area contributed by atoms with Crippen LogP contribution >= 0.6 is 0 Å². The first kappa shape index (κ1) is 14.2. The first-order valence-corrected chi connectivity index (χ1v) is 7.95. The zero-order chi connectivity index (χ0) is 14.7. The molecule has 110 valence electrons. The van der Waals surface area contributed by atoms with Crippen LogP contribution in [0.5, 0.6) is 0 Å². The number of hydrogen-bond acceptors (Lipinski definition) is 2. The summed E-state index contributed by atoms with van der Waals surface area (Å²) in [5, 5.41) is 0. The minimum Gasteiger partial charge on any atom is -0.398 e. The number of nitrogens with two attached hydrogens (primary N) is 1. The molecule has 1 aliphatic rings. The number of nitrogen functional groups attached to an aromatic ring is 1. The van der Waals surface area contributed by atoms with E-state index in [2.05, 4.69) is 54.3 Å². The summed E-state index contributed by atoms with van der Waals surface area (Å²) in [7, 11) is 0. The van der Waals surface area contributed by atoms with Crippen molar-refractivity contribution < 1.29 is 0 Å². The van der Waals surface area contributed by atoms with Crippen molar-refractivity contribution in [3.63, 3.8) is 0 Å². The van der Waals surface area contributed by atoms with Gasteiger partial charge < -0.3 is 5.73 Å². The molecule has 0 amide bonds. The molecule has 1 unspecified atom stereocenters. The fraction of sp³-hybridized carbons (Fsp3) is 0.368. The average molecular weight is 280 g/mol. The maximum absolute atomic E-state index is 6.11. The van der Waals surface area contributed by atoms with E-state index in [0.29, 0.717) is 6.04 Å². The highest BCUT2D eigenvalue weighted by Crippen LogP contribution is 2.32. The Morgan fingerprint density at radius 2 is 1.90 bits per heavy atom. The van der Waals surface area contributed by atoms with Gasteiger partial charge in [0.15, 0.2) is 0 Å². The maximum Gasteiger partial charge on any atom is 0.0351 e. The summed E-state index contributed by atoms with van der Waals surface area (Å²) < 4.78 is 0. The fourth-order valence-corrected chi connectivity index (χ4v) is 3.44. The molecule has 0 spiro atoms. The van der Waals surface area contributed by atoms with Crippen LogP contribution in [0.3, 0.4) is 0 Å². The van der Waals surface area contributed by atoms with E-state index >= 15 is 0 Å². The second-order valence-corrected chi connectivity index (χ2v) is 5.92. The minimum absolute atomic E-state index is 0.519. The second-order valence-electron chi connectivity index (χ2n) is 5.92. The van der Waals surface area contributed by atoms with Crippen LogP contribution in [0.2, 0.25) is 0 Å². The lowest BCUT2D eigenvalue weighted by atomic mass is 9.93. The molecule has 0 saturated heterocycles. The number of nitrogens with zero attached hydrogens (tertiary/aromatic N) is 1.